The summed E-state index contributed by atoms with van der Waals surface area (Å²) >= 11 is 0. The second-order valence-electron chi connectivity index (χ2n) is 6.54. The van der Waals surface area contributed by atoms with Crippen LogP contribution in [0.1, 0.15) is 24.5 Å². The van der Waals surface area contributed by atoms with Crippen molar-refractivity contribution in [1.29, 1.82) is 0 Å². The first kappa shape index (κ1) is 20.3. The van der Waals surface area contributed by atoms with E-state index < -0.39 is 17.8 Å². The summed E-state index contributed by atoms with van der Waals surface area (Å²) in [6, 6.07) is 21.1. The molecule has 0 spiro atoms. The van der Waals surface area contributed by atoms with Crippen LogP contribution in [-0.4, -0.2) is 35.8 Å². The average molecular weight is 367 g/mol. The zero-order valence-electron chi connectivity index (χ0n) is 15.6. The van der Waals surface area contributed by atoms with Crippen molar-refractivity contribution in [3.63, 3.8) is 0 Å². The van der Waals surface area contributed by atoms with Crippen molar-refractivity contribution in [2.75, 3.05) is 7.05 Å². The minimum Gasteiger partial charge on any atom is -0.299 e. The van der Waals surface area contributed by atoms with Gasteiger partial charge in [-0.1, -0.05) is 60.7 Å². The number of benzene rings is 2. The molecule has 3 rings (SSSR count). The maximum atomic E-state index is 10.3. The van der Waals surface area contributed by atoms with Gasteiger partial charge in [0.05, 0.1) is 0 Å². The lowest BCUT2D eigenvalue weighted by atomic mass is 10.1. The van der Waals surface area contributed by atoms with Crippen molar-refractivity contribution in [1.82, 2.24) is 15.5 Å². The lowest BCUT2D eigenvalue weighted by molar-refractivity contribution is -0.129. The standard InChI is InChI=1S/C17H21N.C4H4N2O3/c1-15(13-16-9-5-3-6-10-16)18(2)14-17-11-7-4-8-12-17;7-2-1-3(8)6-4(9)5-2/h3-12,15H,13-14H2,1-2H3;1H2,(H2,5,6,7,8,9). The first-order valence-electron chi connectivity index (χ1n) is 8.86. The van der Waals surface area contributed by atoms with Gasteiger partial charge in [0.2, 0.25) is 11.8 Å². The van der Waals surface area contributed by atoms with E-state index in [1.54, 1.807) is 0 Å². The van der Waals surface area contributed by atoms with E-state index in [4.69, 9.17) is 0 Å². The Morgan fingerprint density at radius 1 is 0.852 bits per heavy atom. The van der Waals surface area contributed by atoms with E-state index in [1.807, 2.05) is 10.6 Å². The van der Waals surface area contributed by atoms with Gasteiger partial charge in [0, 0.05) is 12.6 Å². The number of carbonyl (C=O) groups is 3. The van der Waals surface area contributed by atoms with Crippen molar-refractivity contribution in [2.45, 2.75) is 32.4 Å². The Morgan fingerprint density at radius 3 is 1.81 bits per heavy atom. The zero-order chi connectivity index (χ0) is 19.6. The van der Waals surface area contributed by atoms with Crippen LogP contribution in [0.2, 0.25) is 0 Å². The van der Waals surface area contributed by atoms with Crippen LogP contribution in [0, 0.1) is 0 Å². The van der Waals surface area contributed by atoms with Crippen LogP contribution in [0.15, 0.2) is 60.7 Å². The van der Waals surface area contributed by atoms with Gasteiger partial charge >= 0.3 is 6.03 Å². The summed E-state index contributed by atoms with van der Waals surface area (Å²) in [5.41, 5.74) is 2.78. The zero-order valence-corrected chi connectivity index (χ0v) is 15.6. The lowest BCUT2D eigenvalue weighted by Crippen LogP contribution is -2.49. The molecule has 1 heterocycles. The van der Waals surface area contributed by atoms with Crippen LogP contribution in [-0.2, 0) is 22.6 Å². The van der Waals surface area contributed by atoms with Crippen LogP contribution >= 0.6 is 0 Å². The normalized spacial score (nSPS) is 14.7. The summed E-state index contributed by atoms with van der Waals surface area (Å²) in [5.74, 6) is -1.10. The van der Waals surface area contributed by atoms with E-state index >= 15 is 0 Å². The van der Waals surface area contributed by atoms with Crippen molar-refractivity contribution < 1.29 is 14.4 Å². The van der Waals surface area contributed by atoms with Crippen molar-refractivity contribution >= 4 is 17.8 Å². The maximum absolute atomic E-state index is 10.3. The molecule has 2 aromatic carbocycles. The number of hydrogen-bond acceptors (Lipinski definition) is 4. The summed E-state index contributed by atoms with van der Waals surface area (Å²) in [6.07, 6.45) is 0.843. The third kappa shape index (κ3) is 7.42. The predicted molar refractivity (Wildman–Crippen MR) is 104 cm³/mol. The molecular weight excluding hydrogens is 342 g/mol. The Labute approximate surface area is 159 Å². The Kier molecular flexibility index (Phi) is 7.70. The molecule has 1 saturated heterocycles. The third-order valence-electron chi connectivity index (χ3n) is 4.23. The topological polar surface area (TPSA) is 78.5 Å². The summed E-state index contributed by atoms with van der Waals surface area (Å²) in [7, 11) is 2.20. The third-order valence-corrected chi connectivity index (χ3v) is 4.23. The molecule has 2 N–H and O–H groups in total. The Hall–Kier alpha value is -2.99. The fourth-order valence-corrected chi connectivity index (χ4v) is 2.66. The van der Waals surface area contributed by atoms with Gasteiger partial charge in [-0.3, -0.25) is 25.1 Å². The van der Waals surface area contributed by atoms with E-state index in [9.17, 15) is 14.4 Å². The van der Waals surface area contributed by atoms with E-state index in [-0.39, 0.29) is 6.42 Å². The molecule has 0 bridgehead atoms. The van der Waals surface area contributed by atoms with Crippen LogP contribution in [0.4, 0.5) is 4.79 Å². The second kappa shape index (κ2) is 10.2. The van der Waals surface area contributed by atoms with Crippen molar-refractivity contribution in [3.05, 3.63) is 71.8 Å². The number of carbonyl (C=O) groups excluding carboxylic acids is 3. The highest BCUT2D eigenvalue weighted by atomic mass is 16.2. The molecule has 2 aromatic rings. The molecule has 0 aliphatic carbocycles. The number of amides is 4. The number of nitrogens with one attached hydrogen (secondary N) is 2. The van der Waals surface area contributed by atoms with E-state index in [0.717, 1.165) is 13.0 Å². The van der Waals surface area contributed by atoms with Gasteiger partial charge in [0.25, 0.3) is 0 Å². The van der Waals surface area contributed by atoms with Crippen molar-refractivity contribution in [2.24, 2.45) is 0 Å². The predicted octanol–water partition coefficient (Wildman–Crippen LogP) is 2.49. The SMILES string of the molecule is CC(Cc1ccccc1)N(C)Cc1ccccc1.O=C1CC(=O)NC(=O)N1. The van der Waals surface area contributed by atoms with Crippen molar-refractivity contribution in [3.8, 4) is 0 Å². The van der Waals surface area contributed by atoms with Gasteiger partial charge in [0.15, 0.2) is 0 Å². The van der Waals surface area contributed by atoms with Gasteiger partial charge in [-0.05, 0) is 31.5 Å². The monoisotopic (exact) mass is 367 g/mol. The first-order valence-corrected chi connectivity index (χ1v) is 8.86. The number of hydrogen-bond donors (Lipinski definition) is 2. The number of barbiturate groups is 1. The summed E-state index contributed by atoms with van der Waals surface area (Å²) in [4.78, 5) is 33.2. The smallest absolute Gasteiger partial charge is 0.299 e. The Balaban J connectivity index is 0.000000244. The number of urea groups is 1. The van der Waals surface area contributed by atoms with Gasteiger partial charge < -0.3 is 0 Å². The molecule has 0 aromatic heterocycles. The maximum Gasteiger partial charge on any atom is 0.328 e. The van der Waals surface area contributed by atoms with E-state index in [0.29, 0.717) is 6.04 Å². The molecule has 142 valence electrons. The fraction of sp³-hybridized carbons (Fsp3) is 0.286. The van der Waals surface area contributed by atoms with Gasteiger partial charge in [-0.25, -0.2) is 4.79 Å². The average Bonchev–Trinajstić information content (AvgIpc) is 2.62. The lowest BCUT2D eigenvalue weighted by Gasteiger charge is -2.24. The van der Waals surface area contributed by atoms with Gasteiger partial charge in [-0.2, -0.15) is 0 Å². The molecule has 6 heteroatoms. The highest BCUT2D eigenvalue weighted by Gasteiger charge is 2.20. The number of imide groups is 2. The molecule has 0 radical (unpaired) electrons. The highest BCUT2D eigenvalue weighted by Crippen LogP contribution is 2.10. The fourth-order valence-electron chi connectivity index (χ4n) is 2.66. The first-order chi connectivity index (χ1) is 12.9. The molecule has 1 aliphatic rings. The molecule has 1 aliphatic heterocycles. The van der Waals surface area contributed by atoms with E-state index in [2.05, 4.69) is 79.5 Å². The number of rotatable bonds is 5. The number of nitrogens with zero attached hydrogens (tertiary/aromatic N) is 1. The molecule has 27 heavy (non-hydrogen) atoms. The number of likely N-dealkylation sites (N-methyl/N-ethyl adjacent to an activating group) is 1. The van der Waals surface area contributed by atoms with Crippen LogP contribution < -0.4 is 10.6 Å². The van der Waals surface area contributed by atoms with E-state index in [1.165, 1.54) is 11.1 Å². The second-order valence-corrected chi connectivity index (χ2v) is 6.54. The molecule has 1 fully saturated rings. The summed E-state index contributed by atoms with van der Waals surface area (Å²) in [5, 5.41) is 3.80. The van der Waals surface area contributed by atoms with Crippen LogP contribution in [0.5, 0.6) is 0 Å². The van der Waals surface area contributed by atoms with Crippen LogP contribution in [0.25, 0.3) is 0 Å². The molecule has 1 unspecified atom stereocenters. The molecular formula is C21H25N3O3. The largest absolute Gasteiger partial charge is 0.328 e. The minimum atomic E-state index is -0.740. The molecule has 0 saturated carbocycles. The summed E-state index contributed by atoms with van der Waals surface area (Å²) in [6.45, 7) is 3.30. The summed E-state index contributed by atoms with van der Waals surface area (Å²) < 4.78 is 0. The highest BCUT2D eigenvalue weighted by molar-refractivity contribution is 6.14. The molecule has 6 nitrogen and oxygen atoms in total. The van der Waals surface area contributed by atoms with Gasteiger partial charge in [-0.15, -0.1) is 0 Å². The van der Waals surface area contributed by atoms with Crippen LogP contribution in [0.3, 0.4) is 0 Å². The quantitative estimate of drug-likeness (QED) is 0.796. The Bertz CT molecular complexity index is 672. The minimum absolute atomic E-state index is 0.258. The molecule has 4 amide bonds. The Morgan fingerprint density at radius 2 is 1.33 bits per heavy atom. The molecule has 1 atom stereocenters. The van der Waals surface area contributed by atoms with Gasteiger partial charge in [0.1, 0.15) is 6.42 Å².